The quantitative estimate of drug-likeness (QED) is 0.384. The summed E-state index contributed by atoms with van der Waals surface area (Å²) >= 11 is 0. The number of piperidine rings is 1. The van der Waals surface area contributed by atoms with Crippen LogP contribution in [0.4, 0.5) is 0 Å². The Kier molecular flexibility index (Phi) is 7.28. The van der Waals surface area contributed by atoms with Crippen molar-refractivity contribution < 1.29 is 19.9 Å². The molecule has 1 aliphatic carbocycles. The molecule has 2 aliphatic rings. The molecule has 0 radical (unpaired) electrons. The van der Waals surface area contributed by atoms with Gasteiger partial charge < -0.3 is 20.9 Å². The van der Waals surface area contributed by atoms with Crippen LogP contribution >= 0.6 is 0 Å². The highest BCUT2D eigenvalue weighted by Gasteiger charge is 2.46. The molecule has 1 unspecified atom stereocenters. The molecular formula is C23H37BN2O4. The zero-order chi connectivity index (χ0) is 21.9. The molecular weight excluding hydrogens is 379 g/mol. The molecule has 1 aromatic rings. The van der Waals surface area contributed by atoms with Crippen molar-refractivity contribution in [2.75, 3.05) is 13.1 Å². The van der Waals surface area contributed by atoms with Gasteiger partial charge in [-0.25, -0.2) is 0 Å². The van der Waals surface area contributed by atoms with Crippen molar-refractivity contribution >= 4 is 13.1 Å². The normalized spacial score (nSPS) is 24.1. The first-order valence-electron chi connectivity index (χ1n) is 11.4. The molecule has 0 saturated carbocycles. The van der Waals surface area contributed by atoms with Gasteiger partial charge in [-0.3, -0.25) is 9.69 Å². The van der Waals surface area contributed by atoms with E-state index < -0.39 is 18.6 Å². The molecule has 1 aliphatic heterocycles. The van der Waals surface area contributed by atoms with E-state index in [-0.39, 0.29) is 17.7 Å². The van der Waals surface area contributed by atoms with Crippen LogP contribution in [0.1, 0.15) is 69.5 Å². The van der Waals surface area contributed by atoms with E-state index in [0.717, 1.165) is 38.8 Å². The molecule has 166 valence electrons. The summed E-state index contributed by atoms with van der Waals surface area (Å²) in [5.74, 6) is -0.999. The molecule has 0 amide bonds. The zero-order valence-corrected chi connectivity index (χ0v) is 18.4. The van der Waals surface area contributed by atoms with Crippen molar-refractivity contribution in [3.8, 4) is 0 Å². The molecule has 1 saturated heterocycles. The average molecular weight is 416 g/mol. The van der Waals surface area contributed by atoms with Crippen molar-refractivity contribution in [2.45, 2.75) is 76.7 Å². The highest BCUT2D eigenvalue weighted by atomic mass is 16.4. The fourth-order valence-corrected chi connectivity index (χ4v) is 5.64. The molecule has 7 heteroatoms. The number of nitrogens with zero attached hydrogens (tertiary/aromatic N) is 1. The van der Waals surface area contributed by atoms with E-state index in [1.54, 1.807) is 0 Å². The summed E-state index contributed by atoms with van der Waals surface area (Å²) in [4.78, 5) is 14.6. The molecule has 0 aromatic heterocycles. The first-order chi connectivity index (χ1) is 14.1. The van der Waals surface area contributed by atoms with Crippen LogP contribution in [0.25, 0.3) is 0 Å². The highest BCUT2D eigenvalue weighted by molar-refractivity contribution is 6.40. The molecule has 1 aromatic carbocycles. The second kappa shape index (κ2) is 9.39. The van der Waals surface area contributed by atoms with E-state index in [0.29, 0.717) is 25.3 Å². The Balaban J connectivity index is 1.67. The summed E-state index contributed by atoms with van der Waals surface area (Å²) in [6.07, 6.45) is 5.60. The topological polar surface area (TPSA) is 107 Å². The molecule has 2 atom stereocenters. The molecule has 0 bridgehead atoms. The van der Waals surface area contributed by atoms with Gasteiger partial charge in [-0.1, -0.05) is 51.0 Å². The Hall–Kier alpha value is -1.41. The number of aryl methyl sites for hydroxylation is 1. The molecule has 6 nitrogen and oxygen atoms in total. The number of hydrogen-bond acceptors (Lipinski definition) is 5. The Morgan fingerprint density at radius 1 is 1.23 bits per heavy atom. The Morgan fingerprint density at radius 2 is 1.90 bits per heavy atom. The van der Waals surface area contributed by atoms with Crippen molar-refractivity contribution in [1.82, 2.24) is 4.90 Å². The highest BCUT2D eigenvalue weighted by Crippen LogP contribution is 2.48. The fraction of sp³-hybridized carbons (Fsp3) is 0.696. The Labute approximate surface area is 180 Å². The van der Waals surface area contributed by atoms with Crippen LogP contribution in [0.15, 0.2) is 24.3 Å². The average Bonchev–Trinajstić information content (AvgIpc) is 2.70. The lowest BCUT2D eigenvalue weighted by molar-refractivity contribution is -0.147. The van der Waals surface area contributed by atoms with Gasteiger partial charge in [-0.15, -0.1) is 0 Å². The minimum absolute atomic E-state index is 0.0627. The first kappa shape index (κ1) is 23.3. The number of benzene rings is 1. The van der Waals surface area contributed by atoms with Crippen LogP contribution in [-0.4, -0.2) is 51.8 Å². The van der Waals surface area contributed by atoms with Crippen molar-refractivity contribution in [1.29, 1.82) is 0 Å². The van der Waals surface area contributed by atoms with E-state index in [2.05, 4.69) is 43.0 Å². The monoisotopic (exact) mass is 416 g/mol. The minimum atomic E-state index is -1.34. The third-order valence-electron chi connectivity index (χ3n) is 7.45. The van der Waals surface area contributed by atoms with Gasteiger partial charge in [-0.2, -0.15) is 0 Å². The van der Waals surface area contributed by atoms with Gasteiger partial charge in [0, 0.05) is 6.04 Å². The number of fused-ring (bicyclic) bond motifs is 1. The molecule has 0 spiro atoms. The van der Waals surface area contributed by atoms with Crippen molar-refractivity contribution in [3.05, 3.63) is 35.4 Å². The van der Waals surface area contributed by atoms with E-state index in [1.807, 2.05) is 0 Å². The number of carboxylic acids is 1. The maximum atomic E-state index is 12.1. The maximum absolute atomic E-state index is 12.1. The fourth-order valence-electron chi connectivity index (χ4n) is 5.64. The largest absolute Gasteiger partial charge is 0.480 e. The van der Waals surface area contributed by atoms with E-state index in [4.69, 9.17) is 15.8 Å². The summed E-state index contributed by atoms with van der Waals surface area (Å²) in [6, 6.07) is 9.09. The lowest BCUT2D eigenvalue weighted by Gasteiger charge is -2.50. The molecule has 1 fully saturated rings. The number of likely N-dealkylation sites (tertiary alicyclic amines) is 1. The van der Waals surface area contributed by atoms with Gasteiger partial charge in [0.2, 0.25) is 0 Å². The standard InChI is InChI=1S/C23H37BN2O4/c1-22(2)13-9-17-7-3-4-8-19(17)20(22)26-15-10-18(11-16-26)23(25,21(27)28)12-5-6-14-24(29)30/h3-4,7-8,18,20,29-30H,5-6,9-16,25H2,1-2H3,(H,27,28)/t20?,23-/m1/s1. The predicted molar refractivity (Wildman–Crippen MR) is 119 cm³/mol. The van der Waals surface area contributed by atoms with Gasteiger partial charge in [0.05, 0.1) is 0 Å². The number of carboxylic acid groups (broad SMARTS) is 1. The van der Waals surface area contributed by atoms with Gasteiger partial charge in [0.15, 0.2) is 0 Å². The van der Waals surface area contributed by atoms with E-state index in [9.17, 15) is 9.90 Å². The van der Waals surface area contributed by atoms with E-state index >= 15 is 0 Å². The second-order valence-electron chi connectivity index (χ2n) is 9.97. The maximum Gasteiger partial charge on any atom is 0.451 e. The van der Waals surface area contributed by atoms with Crippen molar-refractivity contribution in [3.63, 3.8) is 0 Å². The third-order valence-corrected chi connectivity index (χ3v) is 7.45. The van der Waals surface area contributed by atoms with Crippen molar-refractivity contribution in [2.24, 2.45) is 17.1 Å². The van der Waals surface area contributed by atoms with Crippen LogP contribution in [0, 0.1) is 11.3 Å². The summed E-state index contributed by atoms with van der Waals surface area (Å²) in [6.45, 7) is 6.41. The number of rotatable bonds is 8. The molecule has 1 heterocycles. The van der Waals surface area contributed by atoms with Crippen LogP contribution in [0.5, 0.6) is 0 Å². The van der Waals surface area contributed by atoms with Crippen LogP contribution in [0.2, 0.25) is 6.32 Å². The zero-order valence-electron chi connectivity index (χ0n) is 18.4. The second-order valence-corrected chi connectivity index (χ2v) is 9.97. The van der Waals surface area contributed by atoms with Crippen LogP contribution in [0.3, 0.4) is 0 Å². The summed E-state index contributed by atoms with van der Waals surface area (Å²) in [5.41, 5.74) is 8.24. The Morgan fingerprint density at radius 3 is 2.53 bits per heavy atom. The predicted octanol–water partition coefficient (Wildman–Crippen LogP) is 2.84. The van der Waals surface area contributed by atoms with Gasteiger partial charge in [0.1, 0.15) is 5.54 Å². The van der Waals surface area contributed by atoms with Gasteiger partial charge >= 0.3 is 13.1 Å². The third kappa shape index (κ3) is 4.91. The summed E-state index contributed by atoms with van der Waals surface area (Å²) in [7, 11) is -1.34. The number of hydrogen-bond donors (Lipinski definition) is 4. The number of carbonyl (C=O) groups is 1. The smallest absolute Gasteiger partial charge is 0.451 e. The Bertz CT molecular complexity index is 734. The lowest BCUT2D eigenvalue weighted by Crippen LogP contribution is -2.57. The lowest BCUT2D eigenvalue weighted by atomic mass is 9.68. The summed E-state index contributed by atoms with van der Waals surface area (Å²) < 4.78 is 0. The van der Waals surface area contributed by atoms with Crippen LogP contribution < -0.4 is 5.73 Å². The van der Waals surface area contributed by atoms with E-state index in [1.165, 1.54) is 11.1 Å². The molecule has 30 heavy (non-hydrogen) atoms. The number of aliphatic carboxylic acids is 1. The first-order valence-corrected chi connectivity index (χ1v) is 11.4. The molecule has 3 rings (SSSR count). The van der Waals surface area contributed by atoms with Gasteiger partial charge in [-0.05, 0) is 74.0 Å². The van der Waals surface area contributed by atoms with Crippen LogP contribution in [-0.2, 0) is 11.2 Å². The molecule has 5 N–H and O–H groups in total. The summed E-state index contributed by atoms with van der Waals surface area (Å²) in [5, 5.41) is 27.9. The number of unbranched alkanes of at least 4 members (excludes halogenated alkanes) is 1. The van der Waals surface area contributed by atoms with Gasteiger partial charge in [0.25, 0.3) is 0 Å². The minimum Gasteiger partial charge on any atom is -0.480 e. The SMILES string of the molecule is CC1(C)CCc2ccccc2C1N1CCC([C@](N)(CCCCB(O)O)C(=O)O)CC1. The number of nitrogens with two attached hydrogens (primary N) is 1.